The molecule has 22 heavy (non-hydrogen) atoms. The molecule has 0 bridgehead atoms. The van der Waals surface area contributed by atoms with Gasteiger partial charge in [-0.25, -0.2) is 14.6 Å². The van der Waals surface area contributed by atoms with Crippen molar-refractivity contribution in [3.63, 3.8) is 0 Å². The summed E-state index contributed by atoms with van der Waals surface area (Å²) in [6, 6.07) is -0.781. The van der Waals surface area contributed by atoms with Gasteiger partial charge in [-0.05, 0) is 13.3 Å². The van der Waals surface area contributed by atoms with Crippen LogP contribution in [0.2, 0.25) is 0 Å². The number of carboxylic acids is 1. The van der Waals surface area contributed by atoms with E-state index in [1.165, 1.54) is 6.07 Å². The van der Waals surface area contributed by atoms with Gasteiger partial charge in [0.25, 0.3) is 5.56 Å². The van der Waals surface area contributed by atoms with E-state index in [9.17, 15) is 19.2 Å². The van der Waals surface area contributed by atoms with Crippen LogP contribution in [-0.2, 0) is 9.59 Å². The van der Waals surface area contributed by atoms with E-state index in [0.29, 0.717) is 12.1 Å². The van der Waals surface area contributed by atoms with E-state index in [1.54, 1.807) is 13.8 Å². The maximum Gasteiger partial charge on any atom is 0.326 e. The number of urea groups is 1. The van der Waals surface area contributed by atoms with Crippen LogP contribution in [0, 0.1) is 6.92 Å². The first-order valence-electron chi connectivity index (χ1n) is 6.71. The maximum absolute atomic E-state index is 11.7. The second-order valence-corrected chi connectivity index (χ2v) is 4.66. The molecule has 0 spiro atoms. The van der Waals surface area contributed by atoms with Gasteiger partial charge in [0.15, 0.2) is 0 Å². The number of nitrogens with one attached hydrogen (secondary N) is 3. The van der Waals surface area contributed by atoms with Crippen LogP contribution >= 0.6 is 0 Å². The summed E-state index contributed by atoms with van der Waals surface area (Å²) in [6.07, 6.45) is 0.369. The highest BCUT2D eigenvalue weighted by molar-refractivity contribution is 5.91. The summed E-state index contributed by atoms with van der Waals surface area (Å²) >= 11 is 0. The van der Waals surface area contributed by atoms with Crippen molar-refractivity contribution in [1.82, 2.24) is 15.3 Å². The molecular formula is C13H18N4O5. The second kappa shape index (κ2) is 7.91. The van der Waals surface area contributed by atoms with Gasteiger partial charge in [-0.2, -0.15) is 0 Å². The number of nitrogens with zero attached hydrogens (tertiary/aromatic N) is 1. The fourth-order valence-corrected chi connectivity index (χ4v) is 1.68. The molecule has 1 heterocycles. The van der Waals surface area contributed by atoms with Crippen molar-refractivity contribution in [2.45, 2.75) is 39.2 Å². The molecule has 1 aromatic heterocycles. The number of aromatic amines is 1. The SMILES string of the molecule is CCC(=O)CCC(NC(=O)Nc1nc(C)cc(=O)[nH]1)C(=O)O. The Morgan fingerprint density at radius 3 is 2.64 bits per heavy atom. The molecule has 1 rings (SSSR count). The van der Waals surface area contributed by atoms with Gasteiger partial charge >= 0.3 is 12.0 Å². The molecule has 0 aliphatic heterocycles. The van der Waals surface area contributed by atoms with Gasteiger partial charge < -0.3 is 10.4 Å². The number of aryl methyl sites for hydroxylation is 1. The number of Topliss-reactive ketones (excluding diaryl/α,β-unsaturated/α-hetero) is 1. The molecule has 4 N–H and O–H groups in total. The Labute approximate surface area is 126 Å². The lowest BCUT2D eigenvalue weighted by Crippen LogP contribution is -2.43. The summed E-state index contributed by atoms with van der Waals surface area (Å²) in [5, 5.41) is 13.5. The molecule has 2 amide bonds. The third kappa shape index (κ3) is 5.73. The molecule has 1 aromatic rings. The van der Waals surface area contributed by atoms with Gasteiger partial charge in [0.1, 0.15) is 11.8 Å². The van der Waals surface area contributed by atoms with Gasteiger partial charge in [-0.3, -0.25) is 19.9 Å². The number of hydrogen-bond acceptors (Lipinski definition) is 5. The van der Waals surface area contributed by atoms with Crippen LogP contribution in [-0.4, -0.2) is 38.9 Å². The lowest BCUT2D eigenvalue weighted by atomic mass is 10.1. The van der Waals surface area contributed by atoms with Gasteiger partial charge in [0.2, 0.25) is 5.95 Å². The number of carbonyl (C=O) groups excluding carboxylic acids is 2. The number of H-pyrrole nitrogens is 1. The molecular weight excluding hydrogens is 292 g/mol. The van der Waals surface area contributed by atoms with E-state index in [1.807, 2.05) is 0 Å². The quantitative estimate of drug-likeness (QED) is 0.575. The van der Waals surface area contributed by atoms with Crippen LogP contribution < -0.4 is 16.2 Å². The van der Waals surface area contributed by atoms with Gasteiger partial charge in [-0.1, -0.05) is 6.92 Å². The molecule has 0 saturated heterocycles. The van der Waals surface area contributed by atoms with E-state index in [2.05, 4.69) is 20.6 Å². The Kier molecular flexibility index (Phi) is 6.24. The number of hydrogen-bond donors (Lipinski definition) is 4. The lowest BCUT2D eigenvalue weighted by Gasteiger charge is -2.14. The molecule has 0 saturated carbocycles. The topological polar surface area (TPSA) is 141 Å². The molecule has 120 valence electrons. The van der Waals surface area contributed by atoms with Crippen molar-refractivity contribution in [2.75, 3.05) is 5.32 Å². The molecule has 1 unspecified atom stereocenters. The van der Waals surface area contributed by atoms with E-state index in [-0.39, 0.29) is 24.6 Å². The third-order valence-corrected chi connectivity index (χ3v) is 2.81. The van der Waals surface area contributed by atoms with Crippen LogP contribution in [0.4, 0.5) is 10.7 Å². The van der Waals surface area contributed by atoms with Crippen molar-refractivity contribution in [1.29, 1.82) is 0 Å². The number of carbonyl (C=O) groups is 3. The second-order valence-electron chi connectivity index (χ2n) is 4.66. The predicted octanol–water partition coefficient (Wildman–Crippen LogP) is 0.412. The van der Waals surface area contributed by atoms with E-state index >= 15 is 0 Å². The first kappa shape index (κ1) is 17.3. The number of ketones is 1. The highest BCUT2D eigenvalue weighted by atomic mass is 16.4. The molecule has 0 aliphatic carbocycles. The monoisotopic (exact) mass is 310 g/mol. The largest absolute Gasteiger partial charge is 0.480 e. The lowest BCUT2D eigenvalue weighted by molar-refractivity contribution is -0.139. The fourth-order valence-electron chi connectivity index (χ4n) is 1.68. The summed E-state index contributed by atoms with van der Waals surface area (Å²) in [4.78, 5) is 51.4. The number of aliphatic carboxylic acids is 1. The summed E-state index contributed by atoms with van der Waals surface area (Å²) < 4.78 is 0. The van der Waals surface area contributed by atoms with Crippen LogP contribution in [0.25, 0.3) is 0 Å². The average Bonchev–Trinajstić information content (AvgIpc) is 2.41. The predicted molar refractivity (Wildman–Crippen MR) is 77.7 cm³/mol. The van der Waals surface area contributed by atoms with Crippen molar-refractivity contribution >= 4 is 23.7 Å². The first-order chi connectivity index (χ1) is 10.3. The summed E-state index contributed by atoms with van der Waals surface area (Å²) in [5.41, 5.74) is -0.0338. The first-order valence-corrected chi connectivity index (χ1v) is 6.71. The number of carboxylic acid groups (broad SMARTS) is 1. The summed E-state index contributed by atoms with van der Waals surface area (Å²) in [6.45, 7) is 3.26. The Morgan fingerprint density at radius 2 is 2.09 bits per heavy atom. The van der Waals surface area contributed by atoms with E-state index in [4.69, 9.17) is 5.11 Å². The van der Waals surface area contributed by atoms with Gasteiger partial charge in [-0.15, -0.1) is 0 Å². The van der Waals surface area contributed by atoms with Crippen molar-refractivity contribution in [3.05, 3.63) is 22.1 Å². The third-order valence-electron chi connectivity index (χ3n) is 2.81. The number of amides is 2. The molecule has 1 atom stereocenters. The van der Waals surface area contributed by atoms with Crippen LogP contribution in [0.3, 0.4) is 0 Å². The van der Waals surface area contributed by atoms with Crippen LogP contribution in [0.15, 0.2) is 10.9 Å². The average molecular weight is 310 g/mol. The van der Waals surface area contributed by atoms with E-state index < -0.39 is 23.6 Å². The zero-order valence-electron chi connectivity index (χ0n) is 12.3. The van der Waals surface area contributed by atoms with E-state index in [0.717, 1.165) is 0 Å². The van der Waals surface area contributed by atoms with Crippen molar-refractivity contribution in [2.24, 2.45) is 0 Å². The highest BCUT2D eigenvalue weighted by Crippen LogP contribution is 2.02. The minimum Gasteiger partial charge on any atom is -0.480 e. The normalized spacial score (nSPS) is 11.5. The van der Waals surface area contributed by atoms with Crippen LogP contribution in [0.5, 0.6) is 0 Å². The number of rotatable bonds is 7. The molecule has 0 aliphatic rings. The highest BCUT2D eigenvalue weighted by Gasteiger charge is 2.21. The van der Waals surface area contributed by atoms with Crippen LogP contribution in [0.1, 0.15) is 31.9 Å². The minimum absolute atomic E-state index is 0.00675. The smallest absolute Gasteiger partial charge is 0.326 e. The fraction of sp³-hybridized carbons (Fsp3) is 0.462. The minimum atomic E-state index is -1.25. The Bertz CT molecular complexity index is 625. The van der Waals surface area contributed by atoms with Crippen molar-refractivity contribution in [3.8, 4) is 0 Å². The Hall–Kier alpha value is -2.71. The molecule has 9 heteroatoms. The Morgan fingerprint density at radius 1 is 1.41 bits per heavy atom. The van der Waals surface area contributed by atoms with Gasteiger partial charge in [0, 0.05) is 24.6 Å². The molecule has 0 fully saturated rings. The zero-order valence-corrected chi connectivity index (χ0v) is 12.3. The molecule has 0 aromatic carbocycles. The van der Waals surface area contributed by atoms with Gasteiger partial charge in [0.05, 0.1) is 0 Å². The number of anilines is 1. The molecule has 0 radical (unpaired) electrons. The molecule has 9 nitrogen and oxygen atoms in total. The Balaban J connectivity index is 2.65. The maximum atomic E-state index is 11.7. The number of aromatic nitrogens is 2. The zero-order chi connectivity index (χ0) is 16.7. The van der Waals surface area contributed by atoms with Crippen molar-refractivity contribution < 1.29 is 19.5 Å². The standard InChI is InChI=1S/C13H18N4O5/c1-3-8(18)4-5-9(11(20)21)15-13(22)17-12-14-7(2)6-10(19)16-12/h6,9H,3-5H2,1-2H3,(H,20,21)(H3,14,15,16,17,19,22). The summed E-state index contributed by atoms with van der Waals surface area (Å²) in [5.74, 6) is -1.42. The summed E-state index contributed by atoms with van der Waals surface area (Å²) in [7, 11) is 0.